The molecule has 0 saturated carbocycles. The zero-order valence-electron chi connectivity index (χ0n) is 15.9. The highest BCUT2D eigenvalue weighted by atomic mass is 35.5. The zero-order valence-corrected chi connectivity index (χ0v) is 16.6. The Labute approximate surface area is 172 Å². The molecule has 1 atom stereocenters. The SMILES string of the molecule is CC(C)C(=O)Nc1nc2n(n1)[C@@H](c1c(F)cccc1Cl)C=C(c1ccccc1)N2. The second-order valence-corrected chi connectivity index (χ2v) is 7.41. The molecule has 0 fully saturated rings. The molecule has 2 aromatic carbocycles. The highest BCUT2D eigenvalue weighted by molar-refractivity contribution is 6.31. The first-order valence-corrected chi connectivity index (χ1v) is 9.57. The summed E-state index contributed by atoms with van der Waals surface area (Å²) < 4.78 is 16.2. The van der Waals surface area contributed by atoms with Gasteiger partial charge in [0, 0.05) is 22.2 Å². The van der Waals surface area contributed by atoms with Gasteiger partial charge in [0.05, 0.1) is 0 Å². The molecule has 3 aromatic rings. The van der Waals surface area contributed by atoms with Gasteiger partial charge in [0.15, 0.2) is 0 Å². The summed E-state index contributed by atoms with van der Waals surface area (Å²) in [6.45, 7) is 3.56. The van der Waals surface area contributed by atoms with Crippen LogP contribution in [-0.4, -0.2) is 20.7 Å². The van der Waals surface area contributed by atoms with Crippen molar-refractivity contribution < 1.29 is 9.18 Å². The summed E-state index contributed by atoms with van der Waals surface area (Å²) in [4.78, 5) is 16.4. The lowest BCUT2D eigenvalue weighted by Crippen LogP contribution is -2.21. The first-order chi connectivity index (χ1) is 13.9. The van der Waals surface area contributed by atoms with Crippen molar-refractivity contribution in [3.63, 3.8) is 0 Å². The number of nitrogens with zero attached hydrogens (tertiary/aromatic N) is 3. The standard InChI is InChI=1S/C21H19ClFN5O/c1-12(2)19(29)25-20-26-21-24-16(13-7-4-3-5-8-13)11-17(28(21)27-20)18-14(22)9-6-10-15(18)23/h3-12,17H,1-2H3,(H2,24,25,26,27,29)/t17-/m1/s1. The Morgan fingerprint density at radius 1 is 1.21 bits per heavy atom. The lowest BCUT2D eigenvalue weighted by atomic mass is 10.0. The zero-order chi connectivity index (χ0) is 20.5. The summed E-state index contributed by atoms with van der Waals surface area (Å²) in [5.74, 6) is -0.341. The molecule has 1 aliphatic heterocycles. The van der Waals surface area contributed by atoms with Gasteiger partial charge in [0.1, 0.15) is 11.9 Å². The van der Waals surface area contributed by atoms with Crippen LogP contribution in [0.1, 0.15) is 31.0 Å². The van der Waals surface area contributed by atoms with Crippen molar-refractivity contribution in [2.24, 2.45) is 5.92 Å². The number of carbonyl (C=O) groups excluding carboxylic acids is 1. The van der Waals surface area contributed by atoms with Gasteiger partial charge >= 0.3 is 0 Å². The Morgan fingerprint density at radius 2 is 1.97 bits per heavy atom. The fraction of sp³-hybridized carbons (Fsp3) is 0.190. The predicted octanol–water partition coefficient (Wildman–Crippen LogP) is 4.72. The Hall–Kier alpha value is -3.19. The maximum atomic E-state index is 14.7. The Morgan fingerprint density at radius 3 is 2.66 bits per heavy atom. The maximum Gasteiger partial charge on any atom is 0.250 e. The number of allylic oxidation sites excluding steroid dienone is 1. The number of aromatic nitrogens is 3. The molecule has 0 radical (unpaired) electrons. The van der Waals surface area contributed by atoms with Crippen LogP contribution >= 0.6 is 11.6 Å². The fourth-order valence-electron chi connectivity index (χ4n) is 3.09. The van der Waals surface area contributed by atoms with E-state index in [-0.39, 0.29) is 28.4 Å². The van der Waals surface area contributed by atoms with E-state index < -0.39 is 11.9 Å². The quantitative estimate of drug-likeness (QED) is 0.651. The van der Waals surface area contributed by atoms with Crippen LogP contribution in [0.25, 0.3) is 5.70 Å². The van der Waals surface area contributed by atoms with E-state index in [9.17, 15) is 9.18 Å². The van der Waals surface area contributed by atoms with E-state index in [0.29, 0.717) is 5.95 Å². The molecule has 1 aromatic heterocycles. The second kappa shape index (κ2) is 7.67. The number of hydrogen-bond donors (Lipinski definition) is 2. The van der Waals surface area contributed by atoms with Crippen LogP contribution in [0, 0.1) is 11.7 Å². The van der Waals surface area contributed by atoms with Crippen LogP contribution in [0.4, 0.5) is 16.3 Å². The summed E-state index contributed by atoms with van der Waals surface area (Å²) in [7, 11) is 0. The molecule has 0 unspecified atom stereocenters. The van der Waals surface area contributed by atoms with Crippen molar-refractivity contribution in [3.05, 3.63) is 76.6 Å². The summed E-state index contributed by atoms with van der Waals surface area (Å²) in [5, 5.41) is 10.6. The van der Waals surface area contributed by atoms with E-state index >= 15 is 0 Å². The Kier molecular flexibility index (Phi) is 5.07. The molecule has 8 heteroatoms. The lowest BCUT2D eigenvalue weighted by Gasteiger charge is -2.25. The van der Waals surface area contributed by atoms with Crippen molar-refractivity contribution in [2.45, 2.75) is 19.9 Å². The van der Waals surface area contributed by atoms with E-state index in [1.165, 1.54) is 10.7 Å². The number of rotatable bonds is 4. The number of hydrogen-bond acceptors (Lipinski definition) is 4. The first kappa shape index (κ1) is 19.1. The number of amides is 1. The van der Waals surface area contributed by atoms with E-state index in [1.54, 1.807) is 26.0 Å². The Bertz CT molecular complexity index is 1070. The molecule has 148 valence electrons. The van der Waals surface area contributed by atoms with Crippen LogP contribution < -0.4 is 10.6 Å². The van der Waals surface area contributed by atoms with Crippen molar-refractivity contribution >= 4 is 35.1 Å². The number of nitrogens with one attached hydrogen (secondary N) is 2. The average molecular weight is 412 g/mol. The third-order valence-corrected chi connectivity index (χ3v) is 4.93. The molecule has 6 nitrogen and oxygen atoms in total. The number of halogens is 2. The van der Waals surface area contributed by atoms with E-state index in [4.69, 9.17) is 11.6 Å². The summed E-state index contributed by atoms with van der Waals surface area (Å²) in [6.07, 6.45) is 1.84. The molecule has 2 heterocycles. The topological polar surface area (TPSA) is 71.8 Å². The molecule has 0 saturated heterocycles. The number of fused-ring (bicyclic) bond motifs is 1. The summed E-state index contributed by atoms with van der Waals surface area (Å²) >= 11 is 6.33. The van der Waals surface area contributed by atoms with Crippen molar-refractivity contribution in [2.75, 3.05) is 10.6 Å². The van der Waals surface area contributed by atoms with Gasteiger partial charge in [-0.2, -0.15) is 4.98 Å². The minimum absolute atomic E-state index is 0.145. The number of anilines is 2. The number of benzene rings is 2. The first-order valence-electron chi connectivity index (χ1n) is 9.19. The molecular weight excluding hydrogens is 393 g/mol. The Balaban J connectivity index is 1.82. The maximum absolute atomic E-state index is 14.7. The van der Waals surface area contributed by atoms with Crippen molar-refractivity contribution in [3.8, 4) is 0 Å². The van der Waals surface area contributed by atoms with Gasteiger partial charge in [-0.15, -0.1) is 5.10 Å². The fourth-order valence-corrected chi connectivity index (χ4v) is 3.36. The van der Waals surface area contributed by atoms with E-state index in [0.717, 1.165) is 11.3 Å². The van der Waals surface area contributed by atoms with Crippen LogP contribution in [0.2, 0.25) is 5.02 Å². The van der Waals surface area contributed by atoms with Gasteiger partial charge in [0.2, 0.25) is 11.9 Å². The van der Waals surface area contributed by atoms with Gasteiger partial charge in [-0.05, 0) is 23.8 Å². The van der Waals surface area contributed by atoms with Crippen molar-refractivity contribution in [1.82, 2.24) is 14.8 Å². The molecule has 1 amide bonds. The third kappa shape index (κ3) is 3.73. The highest BCUT2D eigenvalue weighted by Crippen LogP contribution is 2.37. The minimum atomic E-state index is -0.632. The minimum Gasteiger partial charge on any atom is -0.324 e. The summed E-state index contributed by atoms with van der Waals surface area (Å²) in [5.41, 5.74) is 1.94. The molecule has 29 heavy (non-hydrogen) atoms. The van der Waals surface area contributed by atoms with E-state index in [2.05, 4.69) is 20.7 Å². The van der Waals surface area contributed by atoms with Gasteiger partial charge in [0.25, 0.3) is 5.95 Å². The van der Waals surface area contributed by atoms with Crippen LogP contribution in [-0.2, 0) is 4.79 Å². The summed E-state index contributed by atoms with van der Waals surface area (Å²) in [6, 6.07) is 13.5. The number of carbonyl (C=O) groups is 1. The molecule has 2 N–H and O–H groups in total. The third-order valence-electron chi connectivity index (χ3n) is 4.61. The van der Waals surface area contributed by atoms with E-state index in [1.807, 2.05) is 36.4 Å². The van der Waals surface area contributed by atoms with Crippen molar-refractivity contribution in [1.29, 1.82) is 0 Å². The van der Waals surface area contributed by atoms with Gasteiger partial charge in [-0.1, -0.05) is 61.8 Å². The van der Waals surface area contributed by atoms with Gasteiger partial charge in [-0.25, -0.2) is 9.07 Å². The smallest absolute Gasteiger partial charge is 0.250 e. The highest BCUT2D eigenvalue weighted by Gasteiger charge is 2.29. The van der Waals surface area contributed by atoms with Gasteiger partial charge in [-0.3, -0.25) is 10.1 Å². The predicted molar refractivity (Wildman–Crippen MR) is 111 cm³/mol. The molecule has 0 bridgehead atoms. The molecule has 0 aliphatic carbocycles. The lowest BCUT2D eigenvalue weighted by molar-refractivity contribution is -0.118. The average Bonchev–Trinajstić information content (AvgIpc) is 3.10. The van der Waals surface area contributed by atoms with Gasteiger partial charge < -0.3 is 5.32 Å². The molecule has 0 spiro atoms. The monoisotopic (exact) mass is 411 g/mol. The van der Waals surface area contributed by atoms with Crippen LogP contribution in [0.5, 0.6) is 0 Å². The molecular formula is C21H19ClFN5O. The largest absolute Gasteiger partial charge is 0.324 e. The molecule has 1 aliphatic rings. The molecule has 4 rings (SSSR count). The van der Waals surface area contributed by atoms with Crippen LogP contribution in [0.3, 0.4) is 0 Å². The second-order valence-electron chi connectivity index (χ2n) is 7.00. The normalized spacial score (nSPS) is 15.5. The van der Waals surface area contributed by atoms with Crippen LogP contribution in [0.15, 0.2) is 54.6 Å².